The summed E-state index contributed by atoms with van der Waals surface area (Å²) in [5.74, 6) is 0.0170. The van der Waals surface area contributed by atoms with Gasteiger partial charge in [0.15, 0.2) is 0 Å². The van der Waals surface area contributed by atoms with Crippen LogP contribution in [0.4, 0.5) is 0 Å². The van der Waals surface area contributed by atoms with Crippen LogP contribution in [0.25, 0.3) is 22.2 Å². The lowest BCUT2D eigenvalue weighted by atomic mass is 10.1. The standard InChI is InChI=1S/C16H16N4O3/c17-6-7-23-14-3-1-2-11-10(14)8-13(19-11)9-4-5-12(15(18)21)20-16(9)22/h1-5,8,19H,6-7,17H2,(H2,18,21)(H,20,22). The first-order chi connectivity index (χ1) is 11.1. The largest absolute Gasteiger partial charge is 0.492 e. The van der Waals surface area contributed by atoms with Gasteiger partial charge in [-0.3, -0.25) is 9.59 Å². The van der Waals surface area contributed by atoms with Gasteiger partial charge in [-0.15, -0.1) is 0 Å². The monoisotopic (exact) mass is 312 g/mol. The van der Waals surface area contributed by atoms with Gasteiger partial charge in [0.2, 0.25) is 0 Å². The van der Waals surface area contributed by atoms with E-state index >= 15 is 0 Å². The van der Waals surface area contributed by atoms with Gasteiger partial charge in [-0.1, -0.05) is 6.07 Å². The van der Waals surface area contributed by atoms with Crippen molar-refractivity contribution >= 4 is 16.8 Å². The number of fused-ring (bicyclic) bond motifs is 1. The van der Waals surface area contributed by atoms with Crippen LogP contribution >= 0.6 is 0 Å². The fourth-order valence-electron chi connectivity index (χ4n) is 2.40. The minimum absolute atomic E-state index is 0.0711. The number of nitrogens with two attached hydrogens (primary N) is 2. The maximum absolute atomic E-state index is 12.1. The Labute approximate surface area is 131 Å². The number of benzene rings is 1. The number of rotatable bonds is 5. The number of aromatic nitrogens is 2. The third kappa shape index (κ3) is 2.82. The molecule has 0 fully saturated rings. The normalized spacial score (nSPS) is 10.8. The smallest absolute Gasteiger partial charge is 0.265 e. The molecule has 3 rings (SSSR count). The van der Waals surface area contributed by atoms with Crippen LogP contribution in [-0.4, -0.2) is 29.0 Å². The summed E-state index contributed by atoms with van der Waals surface area (Å²) in [5.41, 5.74) is 12.2. The topological polar surface area (TPSA) is 127 Å². The van der Waals surface area contributed by atoms with Crippen LogP contribution in [0.5, 0.6) is 5.75 Å². The van der Waals surface area contributed by atoms with Crippen LogP contribution in [0.1, 0.15) is 10.5 Å². The van der Waals surface area contributed by atoms with Crippen LogP contribution < -0.4 is 21.8 Å². The predicted molar refractivity (Wildman–Crippen MR) is 87.4 cm³/mol. The Hall–Kier alpha value is -3.06. The molecule has 3 aromatic rings. The number of primary amides is 1. The summed E-state index contributed by atoms with van der Waals surface area (Å²) in [6.45, 7) is 0.829. The van der Waals surface area contributed by atoms with Crippen molar-refractivity contribution in [2.75, 3.05) is 13.2 Å². The Morgan fingerprint density at radius 1 is 1.17 bits per heavy atom. The highest BCUT2D eigenvalue weighted by atomic mass is 16.5. The second-order valence-electron chi connectivity index (χ2n) is 5.02. The summed E-state index contributed by atoms with van der Waals surface area (Å²) in [6, 6.07) is 10.5. The van der Waals surface area contributed by atoms with Crippen LogP contribution in [0.2, 0.25) is 0 Å². The molecule has 0 radical (unpaired) electrons. The van der Waals surface area contributed by atoms with E-state index in [0.717, 1.165) is 10.9 Å². The lowest BCUT2D eigenvalue weighted by molar-refractivity contribution is 0.0995. The second-order valence-corrected chi connectivity index (χ2v) is 5.02. The second kappa shape index (κ2) is 5.98. The van der Waals surface area contributed by atoms with E-state index in [0.29, 0.717) is 30.2 Å². The number of ether oxygens (including phenoxy) is 1. The van der Waals surface area contributed by atoms with E-state index in [-0.39, 0.29) is 5.69 Å². The highest BCUT2D eigenvalue weighted by molar-refractivity contribution is 5.92. The Morgan fingerprint density at radius 3 is 2.70 bits per heavy atom. The fourth-order valence-corrected chi connectivity index (χ4v) is 2.40. The zero-order chi connectivity index (χ0) is 16.4. The average molecular weight is 312 g/mol. The van der Waals surface area contributed by atoms with E-state index in [1.54, 1.807) is 6.07 Å². The first kappa shape index (κ1) is 14.9. The van der Waals surface area contributed by atoms with E-state index in [4.69, 9.17) is 16.2 Å². The molecular formula is C16H16N4O3. The van der Waals surface area contributed by atoms with Crippen molar-refractivity contribution in [2.45, 2.75) is 0 Å². The summed E-state index contributed by atoms with van der Waals surface area (Å²) in [7, 11) is 0. The van der Waals surface area contributed by atoms with E-state index in [2.05, 4.69) is 9.97 Å². The number of H-pyrrole nitrogens is 2. The summed E-state index contributed by atoms with van der Waals surface area (Å²) >= 11 is 0. The van der Waals surface area contributed by atoms with Crippen molar-refractivity contribution in [1.29, 1.82) is 0 Å². The summed E-state index contributed by atoms with van der Waals surface area (Å²) in [6.07, 6.45) is 0. The third-order valence-electron chi connectivity index (χ3n) is 3.46. The van der Waals surface area contributed by atoms with E-state index < -0.39 is 11.5 Å². The Kier molecular flexibility index (Phi) is 3.86. The van der Waals surface area contributed by atoms with Crippen molar-refractivity contribution < 1.29 is 9.53 Å². The van der Waals surface area contributed by atoms with Crippen LogP contribution in [0, 0.1) is 0 Å². The van der Waals surface area contributed by atoms with Crippen LogP contribution in [0.3, 0.4) is 0 Å². The van der Waals surface area contributed by atoms with Gasteiger partial charge in [0, 0.05) is 17.4 Å². The Balaban J connectivity index is 2.07. The molecule has 0 saturated heterocycles. The molecule has 0 aliphatic heterocycles. The van der Waals surface area contributed by atoms with Gasteiger partial charge in [-0.25, -0.2) is 0 Å². The molecule has 0 bridgehead atoms. The van der Waals surface area contributed by atoms with Gasteiger partial charge in [-0.05, 0) is 30.3 Å². The predicted octanol–water partition coefficient (Wildman–Crippen LogP) is 0.960. The molecule has 23 heavy (non-hydrogen) atoms. The molecule has 2 heterocycles. The maximum atomic E-state index is 12.1. The fraction of sp³-hybridized carbons (Fsp3) is 0.125. The summed E-state index contributed by atoms with van der Waals surface area (Å²) in [4.78, 5) is 28.9. The van der Waals surface area contributed by atoms with E-state index in [9.17, 15) is 9.59 Å². The minimum Gasteiger partial charge on any atom is -0.492 e. The molecular weight excluding hydrogens is 296 g/mol. The van der Waals surface area contributed by atoms with Gasteiger partial charge < -0.3 is 26.2 Å². The number of nitrogens with one attached hydrogen (secondary N) is 2. The third-order valence-corrected chi connectivity index (χ3v) is 3.46. The summed E-state index contributed by atoms with van der Waals surface area (Å²) in [5, 5.41) is 0.856. The molecule has 0 spiro atoms. The zero-order valence-electron chi connectivity index (χ0n) is 12.3. The minimum atomic E-state index is -0.678. The molecule has 0 unspecified atom stereocenters. The first-order valence-corrected chi connectivity index (χ1v) is 7.08. The molecule has 0 aliphatic carbocycles. The lowest BCUT2D eigenvalue weighted by Gasteiger charge is -2.04. The molecule has 1 aromatic carbocycles. The van der Waals surface area contributed by atoms with Crippen LogP contribution in [0.15, 0.2) is 41.2 Å². The summed E-state index contributed by atoms with van der Waals surface area (Å²) < 4.78 is 5.61. The highest BCUT2D eigenvalue weighted by Gasteiger charge is 2.12. The van der Waals surface area contributed by atoms with Crippen molar-refractivity contribution in [3.63, 3.8) is 0 Å². The number of pyridine rings is 1. The highest BCUT2D eigenvalue weighted by Crippen LogP contribution is 2.29. The van der Waals surface area contributed by atoms with Crippen molar-refractivity contribution in [3.8, 4) is 17.0 Å². The number of aromatic amines is 2. The van der Waals surface area contributed by atoms with E-state index in [1.807, 2.05) is 24.3 Å². The molecule has 0 aliphatic rings. The maximum Gasteiger partial charge on any atom is 0.265 e. The average Bonchev–Trinajstić information content (AvgIpc) is 2.96. The van der Waals surface area contributed by atoms with Gasteiger partial charge in [-0.2, -0.15) is 0 Å². The van der Waals surface area contributed by atoms with Gasteiger partial charge >= 0.3 is 0 Å². The Morgan fingerprint density at radius 2 is 2.00 bits per heavy atom. The molecule has 2 aromatic heterocycles. The number of carbonyl (C=O) groups is 1. The van der Waals surface area contributed by atoms with E-state index in [1.165, 1.54) is 6.07 Å². The lowest BCUT2D eigenvalue weighted by Crippen LogP contribution is -2.19. The van der Waals surface area contributed by atoms with Gasteiger partial charge in [0.1, 0.15) is 18.1 Å². The first-order valence-electron chi connectivity index (χ1n) is 7.08. The molecule has 0 saturated carbocycles. The van der Waals surface area contributed by atoms with Gasteiger partial charge in [0.25, 0.3) is 11.5 Å². The number of hydrogen-bond donors (Lipinski definition) is 4. The zero-order valence-corrected chi connectivity index (χ0v) is 12.3. The van der Waals surface area contributed by atoms with Crippen molar-refractivity contribution in [3.05, 3.63) is 52.4 Å². The molecule has 0 atom stereocenters. The molecule has 6 N–H and O–H groups in total. The Bertz CT molecular complexity index is 926. The molecule has 118 valence electrons. The number of hydrogen-bond acceptors (Lipinski definition) is 4. The molecule has 1 amide bonds. The quantitative estimate of drug-likeness (QED) is 0.559. The molecule has 7 nitrogen and oxygen atoms in total. The SMILES string of the molecule is NCCOc1cccc2[nH]c(-c3ccc(C(N)=O)[nH]c3=O)cc12. The van der Waals surface area contributed by atoms with Gasteiger partial charge in [0.05, 0.1) is 11.3 Å². The number of amides is 1. The molecule has 7 heteroatoms. The van der Waals surface area contributed by atoms with Crippen LogP contribution in [-0.2, 0) is 0 Å². The van der Waals surface area contributed by atoms with Crippen molar-refractivity contribution in [1.82, 2.24) is 9.97 Å². The number of carbonyl (C=O) groups excluding carboxylic acids is 1. The van der Waals surface area contributed by atoms with Crippen molar-refractivity contribution in [2.24, 2.45) is 11.5 Å².